The fraction of sp³-hybridized carbons (Fsp3) is 0.0625. The van der Waals surface area contributed by atoms with E-state index in [1.54, 1.807) is 23.5 Å². The highest BCUT2D eigenvalue weighted by Gasteiger charge is 2.29. The van der Waals surface area contributed by atoms with Crippen LogP contribution in [0.5, 0.6) is 0 Å². The van der Waals surface area contributed by atoms with Crippen LogP contribution in [-0.2, 0) is 6.54 Å². The van der Waals surface area contributed by atoms with E-state index in [1.807, 2.05) is 17.5 Å². The van der Waals surface area contributed by atoms with E-state index in [-0.39, 0.29) is 23.1 Å². The fourth-order valence-electron chi connectivity index (χ4n) is 2.13. The quantitative estimate of drug-likeness (QED) is 0.776. The fourth-order valence-corrected chi connectivity index (χ4v) is 2.78. The molecule has 9 heteroatoms. The zero-order valence-electron chi connectivity index (χ0n) is 13.2. The molecule has 2 aromatic rings. The van der Waals surface area contributed by atoms with Crippen LogP contribution in [0.3, 0.4) is 0 Å². The first-order chi connectivity index (χ1) is 12.1. The normalized spacial score (nSPS) is 17.1. The van der Waals surface area contributed by atoms with Gasteiger partial charge in [-0.2, -0.15) is 0 Å². The summed E-state index contributed by atoms with van der Waals surface area (Å²) in [4.78, 5) is 23.0. The van der Waals surface area contributed by atoms with Crippen LogP contribution in [0.4, 0.5) is 4.79 Å². The van der Waals surface area contributed by atoms with Gasteiger partial charge in [0.15, 0.2) is 11.6 Å². The third kappa shape index (κ3) is 3.61. The van der Waals surface area contributed by atoms with Gasteiger partial charge in [0, 0.05) is 4.88 Å². The van der Waals surface area contributed by atoms with Gasteiger partial charge >= 0.3 is 6.03 Å². The average molecular weight is 356 g/mol. The first-order valence-electron chi connectivity index (χ1n) is 7.27. The van der Waals surface area contributed by atoms with Crippen molar-refractivity contribution in [2.75, 3.05) is 0 Å². The summed E-state index contributed by atoms with van der Waals surface area (Å²) in [5.41, 5.74) is 12.2. The Hall–Kier alpha value is -3.33. The molecule has 0 aromatic carbocycles. The Balaban J connectivity index is 1.85. The molecule has 0 saturated carbocycles. The Kier molecular flexibility index (Phi) is 4.66. The van der Waals surface area contributed by atoms with E-state index in [0.29, 0.717) is 12.3 Å². The number of rotatable bonds is 4. The van der Waals surface area contributed by atoms with Crippen molar-refractivity contribution in [3.8, 4) is 0 Å². The summed E-state index contributed by atoms with van der Waals surface area (Å²) in [5.74, 6) is 0.634. The molecule has 128 valence electrons. The number of furan rings is 1. The van der Waals surface area contributed by atoms with Crippen molar-refractivity contribution >= 4 is 35.2 Å². The molecule has 0 unspecified atom stereocenters. The number of carbonyl (C=O) groups is 1. The van der Waals surface area contributed by atoms with Crippen LogP contribution in [0, 0.1) is 0 Å². The molecule has 8 nitrogen and oxygen atoms in total. The van der Waals surface area contributed by atoms with Crippen molar-refractivity contribution in [1.29, 1.82) is 0 Å². The van der Waals surface area contributed by atoms with Crippen LogP contribution in [0.15, 0.2) is 68.4 Å². The highest BCUT2D eigenvalue weighted by molar-refractivity contribution is 7.09. The summed E-state index contributed by atoms with van der Waals surface area (Å²) < 4.78 is 5.27. The van der Waals surface area contributed by atoms with Gasteiger partial charge in [-0.1, -0.05) is 12.6 Å². The van der Waals surface area contributed by atoms with Gasteiger partial charge in [-0.05, 0) is 23.6 Å². The predicted octanol–water partition coefficient (Wildman–Crippen LogP) is 2.05. The summed E-state index contributed by atoms with van der Waals surface area (Å²) >= 11 is 1.55. The van der Waals surface area contributed by atoms with E-state index in [4.69, 9.17) is 15.9 Å². The van der Waals surface area contributed by atoms with Gasteiger partial charge in [-0.25, -0.2) is 19.7 Å². The molecule has 0 fully saturated rings. The van der Waals surface area contributed by atoms with Crippen molar-refractivity contribution < 1.29 is 9.21 Å². The monoisotopic (exact) mass is 356 g/mol. The van der Waals surface area contributed by atoms with Gasteiger partial charge in [0.05, 0.1) is 12.8 Å². The SMILES string of the molecule is C=C(N)/N=C1\C(=C(/N)c2ccco2)N=CN1C(=O)NCc1cccs1. The van der Waals surface area contributed by atoms with Gasteiger partial charge in [-0.15, -0.1) is 11.3 Å². The van der Waals surface area contributed by atoms with Gasteiger partial charge in [0.1, 0.15) is 23.6 Å². The highest BCUT2D eigenvalue weighted by atomic mass is 32.1. The Bertz CT molecular complexity index is 865. The van der Waals surface area contributed by atoms with Gasteiger partial charge in [-0.3, -0.25) is 0 Å². The maximum Gasteiger partial charge on any atom is 0.328 e. The number of aliphatic imine (C=N–C) groups is 2. The topological polar surface area (TPSA) is 122 Å². The molecular weight excluding hydrogens is 340 g/mol. The van der Waals surface area contributed by atoms with Crippen LogP contribution in [0.2, 0.25) is 0 Å². The molecule has 3 heterocycles. The molecule has 2 aromatic heterocycles. The Morgan fingerprint density at radius 2 is 2.24 bits per heavy atom. The smallest absolute Gasteiger partial charge is 0.328 e. The van der Waals surface area contributed by atoms with E-state index in [2.05, 4.69) is 21.9 Å². The largest absolute Gasteiger partial charge is 0.463 e. The molecule has 1 aliphatic heterocycles. The van der Waals surface area contributed by atoms with Gasteiger partial charge < -0.3 is 21.2 Å². The molecule has 2 amide bonds. The Morgan fingerprint density at radius 3 is 2.88 bits per heavy atom. The summed E-state index contributed by atoms with van der Waals surface area (Å²) in [6, 6.07) is 6.83. The Morgan fingerprint density at radius 1 is 1.40 bits per heavy atom. The van der Waals surface area contributed by atoms with Crippen molar-refractivity contribution in [1.82, 2.24) is 10.2 Å². The average Bonchev–Trinajstić information content (AvgIpc) is 3.32. The van der Waals surface area contributed by atoms with Crippen LogP contribution >= 0.6 is 11.3 Å². The molecule has 0 bridgehead atoms. The lowest BCUT2D eigenvalue weighted by molar-refractivity contribution is 0.233. The minimum absolute atomic E-state index is 0.0290. The third-order valence-corrected chi connectivity index (χ3v) is 4.12. The molecule has 0 saturated heterocycles. The molecule has 3 rings (SSSR count). The molecule has 5 N–H and O–H groups in total. The number of thiophene rings is 1. The van der Waals surface area contributed by atoms with Crippen molar-refractivity contribution in [3.63, 3.8) is 0 Å². The van der Waals surface area contributed by atoms with E-state index < -0.39 is 6.03 Å². The second-order valence-electron chi connectivity index (χ2n) is 5.02. The lowest BCUT2D eigenvalue weighted by Gasteiger charge is -2.15. The predicted molar refractivity (Wildman–Crippen MR) is 97.5 cm³/mol. The number of nitrogens with zero attached hydrogens (tertiary/aromatic N) is 3. The second kappa shape index (κ2) is 7.05. The van der Waals surface area contributed by atoms with E-state index in [9.17, 15) is 4.79 Å². The van der Waals surface area contributed by atoms with E-state index >= 15 is 0 Å². The van der Waals surface area contributed by atoms with Crippen LogP contribution in [-0.4, -0.2) is 23.1 Å². The number of amides is 2. The molecule has 0 atom stereocenters. The van der Waals surface area contributed by atoms with Crippen molar-refractivity contribution in [2.45, 2.75) is 6.54 Å². The zero-order chi connectivity index (χ0) is 17.8. The zero-order valence-corrected chi connectivity index (χ0v) is 14.0. The minimum Gasteiger partial charge on any atom is -0.463 e. The van der Waals surface area contributed by atoms with Crippen LogP contribution in [0.1, 0.15) is 10.6 Å². The highest BCUT2D eigenvalue weighted by Crippen LogP contribution is 2.22. The summed E-state index contributed by atoms with van der Waals surface area (Å²) in [5, 5.41) is 4.73. The molecule has 25 heavy (non-hydrogen) atoms. The maximum absolute atomic E-state index is 12.5. The second-order valence-corrected chi connectivity index (χ2v) is 6.05. The lowest BCUT2D eigenvalue weighted by Crippen LogP contribution is -2.41. The molecule has 0 spiro atoms. The number of hydrogen-bond donors (Lipinski definition) is 3. The standard InChI is InChI=1S/C16H16N6O2S/c1-10(17)21-15-14(13(18)12-5-2-6-24-12)20-9-22(15)16(23)19-8-11-4-3-7-25-11/h2-7,9H,1,8,17-18H2,(H,19,23)/b14-13+,21-15+. The number of hydrogen-bond acceptors (Lipinski definition) is 7. The third-order valence-electron chi connectivity index (χ3n) is 3.25. The first-order valence-corrected chi connectivity index (χ1v) is 8.15. The summed E-state index contributed by atoms with van der Waals surface area (Å²) in [7, 11) is 0. The number of carbonyl (C=O) groups excluding carboxylic acids is 1. The maximum atomic E-state index is 12.5. The lowest BCUT2D eigenvalue weighted by atomic mass is 10.2. The summed E-state index contributed by atoms with van der Waals surface area (Å²) in [6.07, 6.45) is 2.82. The van der Waals surface area contributed by atoms with Crippen molar-refractivity contribution in [2.24, 2.45) is 21.5 Å². The summed E-state index contributed by atoms with van der Waals surface area (Å²) in [6.45, 7) is 3.94. The van der Waals surface area contributed by atoms with Crippen LogP contribution < -0.4 is 16.8 Å². The van der Waals surface area contributed by atoms with Gasteiger partial charge in [0.2, 0.25) is 0 Å². The van der Waals surface area contributed by atoms with E-state index in [0.717, 1.165) is 4.88 Å². The van der Waals surface area contributed by atoms with Gasteiger partial charge in [0.25, 0.3) is 0 Å². The molecule has 0 radical (unpaired) electrons. The number of nitrogens with one attached hydrogen (secondary N) is 1. The Labute approximate surface area is 147 Å². The number of nitrogens with two attached hydrogens (primary N) is 2. The molecule has 0 aliphatic carbocycles. The number of amidine groups is 1. The van der Waals surface area contributed by atoms with Crippen molar-refractivity contribution in [3.05, 3.63) is 64.6 Å². The minimum atomic E-state index is -0.403. The number of urea groups is 1. The molecular formula is C16H16N6O2S. The van der Waals surface area contributed by atoms with Crippen LogP contribution in [0.25, 0.3) is 5.70 Å². The first kappa shape index (κ1) is 16.5. The van der Waals surface area contributed by atoms with E-state index in [1.165, 1.54) is 17.5 Å². The molecule has 1 aliphatic rings.